The second-order valence-electron chi connectivity index (χ2n) is 16.4. The number of carbonyl (C=O) groups is 2. The summed E-state index contributed by atoms with van der Waals surface area (Å²) in [6.45, 7) is 5.22. The predicted molar refractivity (Wildman–Crippen MR) is 199 cm³/mol. The van der Waals surface area contributed by atoms with Crippen molar-refractivity contribution in [1.29, 1.82) is 0 Å². The molecule has 1 spiro atoms. The van der Waals surface area contributed by atoms with Gasteiger partial charge in [0.2, 0.25) is 11.8 Å². The van der Waals surface area contributed by atoms with Gasteiger partial charge in [-0.1, -0.05) is 57.4 Å². The summed E-state index contributed by atoms with van der Waals surface area (Å²) >= 11 is 0. The zero-order valence-electron chi connectivity index (χ0n) is 31.2. The molecular weight excluding hydrogens is 656 g/mol. The van der Waals surface area contributed by atoms with Crippen LogP contribution in [0.15, 0.2) is 35.2 Å². The molecule has 4 N–H and O–H groups in total. The van der Waals surface area contributed by atoms with Crippen LogP contribution in [0.1, 0.15) is 113 Å². The Bertz CT molecular complexity index is 1430. The highest BCUT2D eigenvalue weighted by molar-refractivity contribution is 5.80. The molecule has 5 aliphatic rings. The summed E-state index contributed by atoms with van der Waals surface area (Å²) < 4.78 is 11.2. The summed E-state index contributed by atoms with van der Waals surface area (Å²) in [5.74, 6) is 2.14. The first-order valence-electron chi connectivity index (χ1n) is 20.6. The summed E-state index contributed by atoms with van der Waals surface area (Å²) in [5, 5.41) is 22.4. The quantitative estimate of drug-likeness (QED) is 0.256. The van der Waals surface area contributed by atoms with Gasteiger partial charge in [-0.05, 0) is 81.2 Å². The van der Waals surface area contributed by atoms with Crippen LogP contribution in [0.2, 0.25) is 0 Å². The molecule has 0 bridgehead atoms. The number of aromatic nitrogens is 1. The monoisotopic (exact) mass is 718 g/mol. The van der Waals surface area contributed by atoms with Crippen molar-refractivity contribution in [1.82, 2.24) is 30.7 Å². The van der Waals surface area contributed by atoms with Gasteiger partial charge in [0, 0.05) is 62.6 Å². The van der Waals surface area contributed by atoms with Crippen LogP contribution in [0.3, 0.4) is 0 Å². The fraction of sp³-hybridized carbons (Fsp3) is 0.732. The third-order valence-electron chi connectivity index (χ3n) is 12.9. The van der Waals surface area contributed by atoms with E-state index in [2.05, 4.69) is 42.9 Å². The van der Waals surface area contributed by atoms with E-state index >= 15 is 0 Å². The topological polar surface area (TPSA) is 132 Å². The summed E-state index contributed by atoms with van der Waals surface area (Å²) in [6.07, 6.45) is 20.1. The van der Waals surface area contributed by atoms with Crippen LogP contribution in [0.5, 0.6) is 5.75 Å². The van der Waals surface area contributed by atoms with Crippen LogP contribution in [0, 0.1) is 17.3 Å². The normalized spacial score (nSPS) is 25.5. The number of nitrogens with zero attached hydrogens (tertiary/aromatic N) is 3. The number of benzene rings is 1. The lowest BCUT2D eigenvalue weighted by molar-refractivity contribution is -0.140. The molecule has 11 heteroatoms. The molecule has 2 amide bonds. The van der Waals surface area contributed by atoms with Gasteiger partial charge < -0.3 is 29.8 Å². The summed E-state index contributed by atoms with van der Waals surface area (Å²) in [6, 6.07) is 6.55. The van der Waals surface area contributed by atoms with E-state index in [1.54, 1.807) is 6.20 Å². The van der Waals surface area contributed by atoms with Crippen LogP contribution in [0.4, 0.5) is 0 Å². The second-order valence-corrected chi connectivity index (χ2v) is 16.4. The maximum atomic E-state index is 14.2. The number of ether oxygens (including phenoxy) is 1. The van der Waals surface area contributed by atoms with Crippen molar-refractivity contribution in [2.24, 2.45) is 17.3 Å². The molecule has 1 aromatic heterocycles. The number of carbonyl (C=O) groups excluding carboxylic acids is 2. The third kappa shape index (κ3) is 9.20. The van der Waals surface area contributed by atoms with Gasteiger partial charge in [-0.25, -0.2) is 4.98 Å². The van der Waals surface area contributed by atoms with Crippen molar-refractivity contribution < 1.29 is 23.8 Å². The van der Waals surface area contributed by atoms with Gasteiger partial charge in [-0.2, -0.15) is 0 Å². The Kier molecular flexibility index (Phi) is 12.8. The number of hydrogen-bond acceptors (Lipinski definition) is 9. The van der Waals surface area contributed by atoms with Crippen molar-refractivity contribution in [3.63, 3.8) is 0 Å². The minimum absolute atomic E-state index is 0.0710. The largest absolute Gasteiger partial charge is 0.486 e. The Balaban J connectivity index is 0.937. The van der Waals surface area contributed by atoms with Crippen molar-refractivity contribution in [2.45, 2.75) is 134 Å². The molecule has 52 heavy (non-hydrogen) atoms. The Hall–Kier alpha value is -2.99. The molecule has 7 rings (SSSR count). The molecule has 4 heterocycles. The van der Waals surface area contributed by atoms with Gasteiger partial charge in [-0.15, -0.1) is 0 Å². The highest BCUT2D eigenvalue weighted by Gasteiger charge is 2.50. The van der Waals surface area contributed by atoms with Crippen LogP contribution < -0.4 is 20.7 Å². The van der Waals surface area contributed by atoms with E-state index in [9.17, 15) is 14.7 Å². The average Bonchev–Trinajstić information content (AvgIpc) is 3.67. The smallest absolute Gasteiger partial charge is 0.225 e. The molecular formula is C41H62N6O5. The highest BCUT2D eigenvalue weighted by Crippen LogP contribution is 2.46. The Morgan fingerprint density at radius 1 is 0.981 bits per heavy atom. The second kappa shape index (κ2) is 17.9. The van der Waals surface area contributed by atoms with Gasteiger partial charge in [0.25, 0.3) is 0 Å². The molecule has 2 saturated heterocycles. The van der Waals surface area contributed by atoms with Crippen LogP contribution in [0.25, 0.3) is 0 Å². The fourth-order valence-electron chi connectivity index (χ4n) is 9.66. The number of piperidine rings is 2. The number of rotatable bonds is 11. The Labute approximate surface area is 310 Å². The summed E-state index contributed by atoms with van der Waals surface area (Å²) in [7, 11) is 0. The molecule has 2 saturated carbocycles. The first-order valence-corrected chi connectivity index (χ1v) is 20.6. The number of aliphatic hydroxyl groups excluding tert-OH is 1. The van der Waals surface area contributed by atoms with E-state index in [0.717, 1.165) is 103 Å². The molecule has 3 aliphatic heterocycles. The number of fused-ring (bicyclic) bond motifs is 1. The van der Waals surface area contributed by atoms with Crippen molar-refractivity contribution >= 4 is 11.8 Å². The number of nitrogens with one attached hydrogen (secondary N) is 3. The Morgan fingerprint density at radius 3 is 2.46 bits per heavy atom. The first-order chi connectivity index (χ1) is 25.5. The van der Waals surface area contributed by atoms with Crippen molar-refractivity contribution in [3.8, 4) is 5.75 Å². The summed E-state index contributed by atoms with van der Waals surface area (Å²) in [5.41, 5.74) is 2.35. The van der Waals surface area contributed by atoms with Crippen molar-refractivity contribution in [2.75, 3.05) is 39.3 Å². The number of amides is 2. The van der Waals surface area contributed by atoms with E-state index in [0.29, 0.717) is 30.9 Å². The van der Waals surface area contributed by atoms with Gasteiger partial charge in [0.15, 0.2) is 12.2 Å². The van der Waals surface area contributed by atoms with E-state index in [-0.39, 0.29) is 35.9 Å². The van der Waals surface area contributed by atoms with E-state index in [4.69, 9.17) is 9.15 Å². The molecule has 0 radical (unpaired) electrons. The first kappa shape index (κ1) is 37.3. The lowest BCUT2D eigenvalue weighted by Gasteiger charge is -2.52. The van der Waals surface area contributed by atoms with Gasteiger partial charge in [0.05, 0.1) is 18.5 Å². The summed E-state index contributed by atoms with van der Waals surface area (Å²) in [4.78, 5) is 35.5. The maximum absolute atomic E-state index is 14.2. The molecule has 4 fully saturated rings. The number of oxazole rings is 1. The zero-order valence-corrected chi connectivity index (χ0v) is 31.2. The number of aliphatic hydroxyl groups is 1. The minimum Gasteiger partial charge on any atom is -0.486 e. The Morgan fingerprint density at radius 2 is 1.75 bits per heavy atom. The van der Waals surface area contributed by atoms with E-state index in [1.165, 1.54) is 56.0 Å². The molecule has 2 unspecified atom stereocenters. The lowest BCUT2D eigenvalue weighted by atomic mass is 9.62. The number of β-amino-alcohol motifs (C(OH)–C–C–N with tert-alkyl or cyclic N) is 1. The van der Waals surface area contributed by atoms with Gasteiger partial charge >= 0.3 is 0 Å². The van der Waals surface area contributed by atoms with Gasteiger partial charge in [-0.3, -0.25) is 19.8 Å². The standard InChI is InChI=1S/C41H62N6O5/c48-34(27-46-20-14-31-23-35(12-11-32(31)26-46)51-28-36-25-42-29-52-36)24-44-38(49)37-13-19-43-40(41(37)17-6-4-2-1-3-5-7-18-41)45-33-15-21-47(22-16-33)39(50)30-9-8-10-30/h11-12,23,25,29-30,33-34,37,40,43,45,48H,1-10,13-22,24,26-28H2,(H,44,49)/t34-,37?,40?/m0/s1. The molecule has 2 aliphatic carbocycles. The highest BCUT2D eigenvalue weighted by atomic mass is 16.5. The van der Waals surface area contributed by atoms with Crippen molar-refractivity contribution in [3.05, 3.63) is 47.7 Å². The fourth-order valence-corrected chi connectivity index (χ4v) is 9.66. The zero-order chi connectivity index (χ0) is 35.8. The third-order valence-corrected chi connectivity index (χ3v) is 12.9. The number of hydrogen-bond donors (Lipinski definition) is 4. The van der Waals surface area contributed by atoms with E-state index in [1.807, 2.05) is 6.07 Å². The predicted octanol–water partition coefficient (Wildman–Crippen LogP) is 4.92. The molecule has 3 atom stereocenters. The minimum atomic E-state index is -0.640. The molecule has 286 valence electrons. The van der Waals surface area contributed by atoms with Crippen LogP contribution >= 0.6 is 0 Å². The van der Waals surface area contributed by atoms with Crippen LogP contribution in [-0.4, -0.2) is 89.3 Å². The SMILES string of the molecule is O=C(NC[C@H](O)CN1CCc2cc(OCc3cnco3)ccc2C1)C1CCNC(NC2CCN(C(=O)C3CCC3)CC2)C12CCCCCCCCC2. The number of likely N-dealkylation sites (tertiary alicyclic amines) is 1. The van der Waals surface area contributed by atoms with E-state index < -0.39 is 6.10 Å². The van der Waals surface area contributed by atoms with Gasteiger partial charge in [0.1, 0.15) is 12.4 Å². The molecule has 11 nitrogen and oxygen atoms in total. The maximum Gasteiger partial charge on any atom is 0.225 e. The average molecular weight is 719 g/mol. The molecule has 1 aromatic carbocycles. The molecule has 2 aromatic rings. The lowest BCUT2D eigenvalue weighted by Crippen LogP contribution is -2.66. The van der Waals surface area contributed by atoms with Crippen LogP contribution in [-0.2, 0) is 29.2 Å².